The van der Waals surface area contributed by atoms with E-state index in [0.717, 1.165) is 12.5 Å². The van der Waals surface area contributed by atoms with Crippen LogP contribution in [0.2, 0.25) is 0 Å². The number of hydrogen-bond donors (Lipinski definition) is 0. The van der Waals surface area contributed by atoms with Crippen LogP contribution in [0.25, 0.3) is 0 Å². The van der Waals surface area contributed by atoms with E-state index in [4.69, 9.17) is 9.47 Å². The molecule has 0 aromatic heterocycles. The van der Waals surface area contributed by atoms with Gasteiger partial charge in [-0.05, 0) is 24.6 Å². The van der Waals surface area contributed by atoms with Gasteiger partial charge in [-0.25, -0.2) is 4.39 Å². The summed E-state index contributed by atoms with van der Waals surface area (Å²) in [4.78, 5) is 25.1. The molecule has 0 radical (unpaired) electrons. The lowest BCUT2D eigenvalue weighted by atomic mass is 10.1. The van der Waals surface area contributed by atoms with Crippen molar-refractivity contribution in [2.45, 2.75) is 19.1 Å². The van der Waals surface area contributed by atoms with E-state index in [1.807, 2.05) is 0 Å². The van der Waals surface area contributed by atoms with Gasteiger partial charge in [0.25, 0.3) is 11.7 Å². The summed E-state index contributed by atoms with van der Waals surface area (Å²) in [6.07, 6.45) is 0.992. The zero-order valence-electron chi connectivity index (χ0n) is 10.8. The molecule has 0 N–H and O–H groups in total. The molecule has 2 aliphatic heterocycles. The molecular weight excluding hydrogens is 265 g/mol. The van der Waals surface area contributed by atoms with Gasteiger partial charge in [-0.1, -0.05) is 0 Å². The third kappa shape index (κ3) is 2.32. The van der Waals surface area contributed by atoms with Crippen molar-refractivity contribution in [1.82, 2.24) is 0 Å². The van der Waals surface area contributed by atoms with Crippen LogP contribution in [0.1, 0.15) is 23.2 Å². The monoisotopic (exact) mass is 279 g/mol. The summed E-state index contributed by atoms with van der Waals surface area (Å²) in [6, 6.07) is 3.80. The standard InChI is InChI=1S/C14H14FNO4/c15-9-2-3-11-10(8-9)13(17)14(18)16(11)5-4-12-19-6-1-7-20-12/h2-3,8,12H,1,4-7H2. The first-order valence-electron chi connectivity index (χ1n) is 6.56. The van der Waals surface area contributed by atoms with E-state index < -0.39 is 17.5 Å². The van der Waals surface area contributed by atoms with Crippen molar-refractivity contribution >= 4 is 17.4 Å². The molecule has 3 rings (SSSR count). The Labute approximate surface area is 115 Å². The lowest BCUT2D eigenvalue weighted by Gasteiger charge is -2.25. The Bertz CT molecular complexity index is 554. The SMILES string of the molecule is O=C1C(=O)N(CCC2OCCCO2)c2ccc(F)cc21. The first-order chi connectivity index (χ1) is 9.66. The molecule has 2 heterocycles. The summed E-state index contributed by atoms with van der Waals surface area (Å²) < 4.78 is 23.9. The van der Waals surface area contributed by atoms with Crippen molar-refractivity contribution in [2.24, 2.45) is 0 Å². The fourth-order valence-electron chi connectivity index (χ4n) is 2.43. The van der Waals surface area contributed by atoms with Gasteiger partial charge in [0.05, 0.1) is 24.5 Å². The Morgan fingerprint density at radius 1 is 1.25 bits per heavy atom. The molecule has 0 atom stereocenters. The second kappa shape index (κ2) is 5.30. The van der Waals surface area contributed by atoms with Crippen molar-refractivity contribution in [2.75, 3.05) is 24.7 Å². The summed E-state index contributed by atoms with van der Waals surface area (Å²) in [5.74, 6) is -1.81. The molecule has 1 aromatic rings. The number of ether oxygens (including phenoxy) is 2. The Morgan fingerprint density at radius 2 is 2.00 bits per heavy atom. The van der Waals surface area contributed by atoms with E-state index in [-0.39, 0.29) is 11.9 Å². The van der Waals surface area contributed by atoms with E-state index in [1.54, 1.807) is 0 Å². The van der Waals surface area contributed by atoms with Crippen molar-refractivity contribution in [3.63, 3.8) is 0 Å². The fourth-order valence-corrected chi connectivity index (χ4v) is 2.43. The Kier molecular flexibility index (Phi) is 3.50. The highest BCUT2D eigenvalue weighted by Gasteiger charge is 2.36. The average Bonchev–Trinajstić information content (AvgIpc) is 2.70. The number of halogens is 1. The van der Waals surface area contributed by atoms with Gasteiger partial charge in [0, 0.05) is 13.0 Å². The number of fused-ring (bicyclic) bond motifs is 1. The minimum Gasteiger partial charge on any atom is -0.353 e. The molecule has 0 saturated carbocycles. The lowest BCUT2D eigenvalue weighted by molar-refractivity contribution is -0.179. The van der Waals surface area contributed by atoms with E-state index in [2.05, 4.69) is 0 Å². The molecule has 0 bridgehead atoms. The Morgan fingerprint density at radius 3 is 2.75 bits per heavy atom. The third-order valence-electron chi connectivity index (χ3n) is 3.42. The van der Waals surface area contributed by atoms with Gasteiger partial charge < -0.3 is 14.4 Å². The molecule has 6 heteroatoms. The number of rotatable bonds is 3. The summed E-state index contributed by atoms with van der Waals surface area (Å²) in [6.45, 7) is 1.59. The quantitative estimate of drug-likeness (QED) is 0.787. The van der Waals surface area contributed by atoms with E-state index >= 15 is 0 Å². The van der Waals surface area contributed by atoms with Gasteiger partial charge in [-0.15, -0.1) is 0 Å². The number of anilines is 1. The van der Waals surface area contributed by atoms with E-state index in [9.17, 15) is 14.0 Å². The van der Waals surface area contributed by atoms with E-state index in [0.29, 0.717) is 31.9 Å². The molecule has 2 aliphatic rings. The molecule has 1 saturated heterocycles. The molecule has 1 fully saturated rings. The number of carbonyl (C=O) groups is 2. The van der Waals surface area contributed by atoms with Crippen LogP contribution in [-0.2, 0) is 14.3 Å². The average molecular weight is 279 g/mol. The van der Waals surface area contributed by atoms with Gasteiger partial charge in [0.1, 0.15) is 5.82 Å². The summed E-state index contributed by atoms with van der Waals surface area (Å²) in [5, 5.41) is 0. The van der Waals surface area contributed by atoms with Crippen LogP contribution >= 0.6 is 0 Å². The largest absolute Gasteiger partial charge is 0.353 e. The summed E-state index contributed by atoms with van der Waals surface area (Å²) >= 11 is 0. The predicted molar refractivity (Wildman–Crippen MR) is 68.0 cm³/mol. The number of amides is 1. The number of carbonyl (C=O) groups excluding carboxylic acids is 2. The molecule has 0 unspecified atom stereocenters. The fraction of sp³-hybridized carbons (Fsp3) is 0.429. The van der Waals surface area contributed by atoms with Gasteiger partial charge >= 0.3 is 0 Å². The van der Waals surface area contributed by atoms with Crippen molar-refractivity contribution in [3.8, 4) is 0 Å². The van der Waals surface area contributed by atoms with Gasteiger partial charge in [-0.3, -0.25) is 9.59 Å². The van der Waals surface area contributed by atoms with Gasteiger partial charge in [0.15, 0.2) is 6.29 Å². The highest BCUT2D eigenvalue weighted by atomic mass is 19.1. The molecule has 0 aliphatic carbocycles. The molecule has 1 aromatic carbocycles. The number of nitrogens with zero attached hydrogens (tertiary/aromatic N) is 1. The molecule has 1 amide bonds. The van der Waals surface area contributed by atoms with Crippen LogP contribution in [0, 0.1) is 5.82 Å². The second-order valence-corrected chi connectivity index (χ2v) is 4.76. The zero-order chi connectivity index (χ0) is 14.1. The van der Waals surface area contributed by atoms with Crippen LogP contribution < -0.4 is 4.90 Å². The molecule has 106 valence electrons. The highest BCUT2D eigenvalue weighted by molar-refractivity contribution is 6.52. The normalized spacial score (nSPS) is 19.6. The first kappa shape index (κ1) is 13.2. The Balaban J connectivity index is 1.74. The van der Waals surface area contributed by atoms with Crippen LogP contribution in [0.15, 0.2) is 18.2 Å². The maximum Gasteiger partial charge on any atom is 0.299 e. The molecular formula is C14H14FNO4. The number of Topliss-reactive ketones (excluding diaryl/α,β-unsaturated/α-hetero) is 1. The maximum absolute atomic E-state index is 13.1. The summed E-state index contributed by atoms with van der Waals surface area (Å²) in [5.41, 5.74) is 0.581. The topological polar surface area (TPSA) is 55.8 Å². The van der Waals surface area contributed by atoms with E-state index in [1.165, 1.54) is 17.0 Å². The van der Waals surface area contributed by atoms with Crippen LogP contribution in [-0.4, -0.2) is 37.7 Å². The van der Waals surface area contributed by atoms with Crippen LogP contribution in [0.5, 0.6) is 0 Å². The molecule has 0 spiro atoms. The lowest BCUT2D eigenvalue weighted by Crippen LogP contribution is -2.35. The van der Waals surface area contributed by atoms with Gasteiger partial charge in [0.2, 0.25) is 0 Å². The smallest absolute Gasteiger partial charge is 0.299 e. The number of ketones is 1. The number of benzene rings is 1. The third-order valence-corrected chi connectivity index (χ3v) is 3.42. The molecule has 5 nitrogen and oxygen atoms in total. The van der Waals surface area contributed by atoms with Crippen molar-refractivity contribution in [3.05, 3.63) is 29.6 Å². The minimum absolute atomic E-state index is 0.125. The highest BCUT2D eigenvalue weighted by Crippen LogP contribution is 2.29. The second-order valence-electron chi connectivity index (χ2n) is 4.76. The number of hydrogen-bond acceptors (Lipinski definition) is 4. The van der Waals surface area contributed by atoms with Crippen LogP contribution in [0.3, 0.4) is 0 Å². The maximum atomic E-state index is 13.1. The molecule has 20 heavy (non-hydrogen) atoms. The van der Waals surface area contributed by atoms with Gasteiger partial charge in [-0.2, -0.15) is 0 Å². The Hall–Kier alpha value is -1.79. The minimum atomic E-state index is -0.662. The van der Waals surface area contributed by atoms with Crippen molar-refractivity contribution in [1.29, 1.82) is 0 Å². The van der Waals surface area contributed by atoms with Crippen molar-refractivity contribution < 1.29 is 23.5 Å². The first-order valence-corrected chi connectivity index (χ1v) is 6.56. The summed E-state index contributed by atoms with van der Waals surface area (Å²) in [7, 11) is 0. The van der Waals surface area contributed by atoms with Crippen LogP contribution in [0.4, 0.5) is 10.1 Å². The zero-order valence-corrected chi connectivity index (χ0v) is 10.8. The predicted octanol–water partition coefficient (Wildman–Crippen LogP) is 1.51.